The molecule has 1 fully saturated rings. The van der Waals surface area contributed by atoms with E-state index in [-0.39, 0.29) is 10.6 Å². The second-order valence-corrected chi connectivity index (χ2v) is 10.0. The first-order valence-corrected chi connectivity index (χ1v) is 11.5. The topological polar surface area (TPSA) is 66.5 Å². The Bertz CT molecular complexity index is 1270. The van der Waals surface area contributed by atoms with Gasteiger partial charge in [0.05, 0.1) is 22.4 Å². The molecule has 0 radical (unpaired) electrons. The summed E-state index contributed by atoms with van der Waals surface area (Å²) in [6.45, 7) is 0. The predicted molar refractivity (Wildman–Crippen MR) is 124 cm³/mol. The van der Waals surface area contributed by atoms with E-state index in [0.29, 0.717) is 22.3 Å². The van der Waals surface area contributed by atoms with E-state index >= 15 is 0 Å². The van der Waals surface area contributed by atoms with Crippen LogP contribution in [-0.2, 0) is 19.3 Å². The highest BCUT2D eigenvalue weighted by Crippen LogP contribution is 2.69. The minimum Gasteiger partial charge on any atom is -0.272 e. The monoisotopic (exact) mass is 496 g/mol. The van der Waals surface area contributed by atoms with Crippen LogP contribution in [-0.4, -0.2) is 22.7 Å². The largest absolute Gasteiger partial charge is 0.272 e. The molecule has 0 saturated carbocycles. The summed E-state index contributed by atoms with van der Waals surface area (Å²) in [4.78, 5) is 37.6. The Kier molecular flexibility index (Phi) is 4.29. The number of hydrazine groups is 1. The molecule has 5 nitrogen and oxygen atoms in total. The summed E-state index contributed by atoms with van der Waals surface area (Å²) in [6, 6.07) is 21.1. The van der Waals surface area contributed by atoms with Gasteiger partial charge in [0.2, 0.25) is 0 Å². The van der Waals surface area contributed by atoms with Gasteiger partial charge in [0, 0.05) is 0 Å². The van der Waals surface area contributed by atoms with Crippen LogP contribution < -0.4 is 5.43 Å². The molecule has 1 heterocycles. The van der Waals surface area contributed by atoms with Crippen molar-refractivity contribution in [1.82, 2.24) is 10.4 Å². The molecule has 8 heteroatoms. The lowest BCUT2D eigenvalue weighted by molar-refractivity contribution is -0.142. The maximum absolute atomic E-state index is 13.7. The first kappa shape index (κ1) is 20.7. The van der Waals surface area contributed by atoms with Gasteiger partial charge in [-0.1, -0.05) is 72.3 Å². The summed E-state index contributed by atoms with van der Waals surface area (Å²) < 4.78 is 0. The lowest BCUT2D eigenvalue weighted by Gasteiger charge is -2.54. The third-order valence-electron chi connectivity index (χ3n) is 6.92. The summed E-state index contributed by atoms with van der Waals surface area (Å²) in [5.74, 6) is -3.85. The summed E-state index contributed by atoms with van der Waals surface area (Å²) in [7, 11) is 0. The van der Waals surface area contributed by atoms with Gasteiger partial charge < -0.3 is 0 Å². The Labute approximate surface area is 204 Å². The molecule has 1 N–H and O–H groups in total. The second-order valence-electron chi connectivity index (χ2n) is 8.40. The number of alkyl halides is 2. The molecule has 33 heavy (non-hydrogen) atoms. The summed E-state index contributed by atoms with van der Waals surface area (Å²) in [5, 5.41) is 0.960. The van der Waals surface area contributed by atoms with E-state index < -0.39 is 39.3 Å². The quantitative estimate of drug-likeness (QED) is 0.416. The third kappa shape index (κ3) is 2.42. The number of amides is 3. The number of hydrogen-bond acceptors (Lipinski definition) is 3. The van der Waals surface area contributed by atoms with Gasteiger partial charge in [-0.25, -0.2) is 0 Å². The zero-order valence-electron chi connectivity index (χ0n) is 16.9. The average molecular weight is 498 g/mol. The molecule has 7 rings (SSSR count). The number of halogens is 3. The van der Waals surface area contributed by atoms with Crippen molar-refractivity contribution in [3.05, 3.63) is 106 Å². The van der Waals surface area contributed by atoms with Crippen LogP contribution in [0.2, 0.25) is 5.02 Å². The average Bonchev–Trinajstić information content (AvgIpc) is 3.08. The van der Waals surface area contributed by atoms with Crippen molar-refractivity contribution in [1.29, 1.82) is 0 Å². The molecule has 4 aliphatic rings. The first-order chi connectivity index (χ1) is 15.8. The van der Waals surface area contributed by atoms with E-state index in [1.54, 1.807) is 18.2 Å². The number of rotatable bonds is 2. The Hall–Kier alpha value is -2.86. The van der Waals surface area contributed by atoms with E-state index in [1.807, 2.05) is 48.5 Å². The van der Waals surface area contributed by atoms with Crippen LogP contribution in [0.5, 0.6) is 0 Å². The van der Waals surface area contributed by atoms with Crippen molar-refractivity contribution in [3.8, 4) is 0 Å². The number of carbonyl (C=O) groups excluding carboxylic acids is 3. The van der Waals surface area contributed by atoms with Gasteiger partial charge in [0.1, 0.15) is 9.75 Å². The van der Waals surface area contributed by atoms with Crippen molar-refractivity contribution in [2.45, 2.75) is 9.75 Å². The maximum Gasteiger partial charge on any atom is 0.271 e. The highest BCUT2D eigenvalue weighted by molar-refractivity contribution is 6.36. The number of imide groups is 1. The molecular formula is C25H15Cl3N2O3. The molecule has 0 spiro atoms. The van der Waals surface area contributed by atoms with E-state index in [1.165, 1.54) is 6.07 Å². The molecule has 0 aromatic heterocycles. The van der Waals surface area contributed by atoms with Gasteiger partial charge in [-0.2, -0.15) is 5.01 Å². The van der Waals surface area contributed by atoms with Gasteiger partial charge >= 0.3 is 0 Å². The smallest absolute Gasteiger partial charge is 0.271 e. The van der Waals surface area contributed by atoms with Crippen molar-refractivity contribution >= 4 is 52.5 Å². The zero-order valence-corrected chi connectivity index (χ0v) is 19.2. The molecule has 2 bridgehead atoms. The molecule has 1 saturated heterocycles. The van der Waals surface area contributed by atoms with Crippen molar-refractivity contribution in [2.24, 2.45) is 11.8 Å². The number of nitrogens with zero attached hydrogens (tertiary/aromatic N) is 1. The van der Waals surface area contributed by atoms with E-state index in [2.05, 4.69) is 5.43 Å². The predicted octanol–water partition coefficient (Wildman–Crippen LogP) is 4.58. The molecule has 2 atom stereocenters. The first-order valence-electron chi connectivity index (χ1n) is 10.3. The fourth-order valence-corrected chi connectivity index (χ4v) is 6.90. The number of carbonyl (C=O) groups is 3. The Morgan fingerprint density at radius 1 is 0.727 bits per heavy atom. The molecule has 0 unspecified atom stereocenters. The molecule has 164 valence electrons. The van der Waals surface area contributed by atoms with Crippen LogP contribution in [0.1, 0.15) is 32.6 Å². The molecule has 3 amide bonds. The van der Waals surface area contributed by atoms with E-state index in [9.17, 15) is 14.4 Å². The highest BCUT2D eigenvalue weighted by atomic mass is 35.5. The van der Waals surface area contributed by atoms with Crippen LogP contribution >= 0.6 is 34.8 Å². The molecule has 3 aromatic carbocycles. The third-order valence-corrected chi connectivity index (χ3v) is 8.53. The van der Waals surface area contributed by atoms with E-state index in [0.717, 1.165) is 5.01 Å². The Morgan fingerprint density at radius 2 is 1.12 bits per heavy atom. The van der Waals surface area contributed by atoms with Crippen LogP contribution in [0.15, 0.2) is 72.8 Å². The normalized spacial score (nSPS) is 28.9. The molecule has 1 aliphatic heterocycles. The number of benzene rings is 3. The van der Waals surface area contributed by atoms with Gasteiger partial charge in [-0.3, -0.25) is 19.8 Å². The second kappa shape index (κ2) is 6.83. The van der Waals surface area contributed by atoms with Crippen LogP contribution in [0.3, 0.4) is 0 Å². The fourth-order valence-electron chi connectivity index (χ4n) is 5.58. The minimum absolute atomic E-state index is 0.144. The standard InChI is InChI=1S/C25H15Cl3N2O3/c26-18-12-6-1-7-13(18)21(31)29-30-22(32)19-20(23(30)33)25(28)15-9-3-2-8-14(15)24(19,27)16-10-4-5-11-17(16)25/h1-12,19-20H,(H,29,31)/t19-,20-,24?,25?/m1/s1. The number of hydrogen-bond donors (Lipinski definition) is 1. The lowest BCUT2D eigenvalue weighted by Crippen LogP contribution is -2.57. The van der Waals surface area contributed by atoms with Gasteiger partial charge in [0.15, 0.2) is 0 Å². The molecule has 3 aromatic rings. The van der Waals surface area contributed by atoms with Crippen LogP contribution in [0.4, 0.5) is 0 Å². The van der Waals surface area contributed by atoms with Gasteiger partial charge in [0.25, 0.3) is 17.7 Å². The van der Waals surface area contributed by atoms with Crippen molar-refractivity contribution in [2.75, 3.05) is 0 Å². The highest BCUT2D eigenvalue weighted by Gasteiger charge is 2.73. The summed E-state index contributed by atoms with van der Waals surface area (Å²) in [5.41, 5.74) is 5.37. The molecule has 3 aliphatic carbocycles. The zero-order chi connectivity index (χ0) is 23.1. The number of nitrogens with one attached hydrogen (secondary N) is 1. The molecular weight excluding hydrogens is 483 g/mol. The lowest BCUT2D eigenvalue weighted by atomic mass is 9.54. The Balaban J connectivity index is 1.51. The van der Waals surface area contributed by atoms with Crippen molar-refractivity contribution in [3.63, 3.8) is 0 Å². The SMILES string of the molecule is O=C(NN1C(=O)[C@H]2[C@H](C1=O)C1(Cl)c3ccccc3C2(Cl)c2ccccc21)c1ccccc1Cl. The fraction of sp³-hybridized carbons (Fsp3) is 0.160. The van der Waals surface area contributed by atoms with Gasteiger partial charge in [-0.15, -0.1) is 23.2 Å². The van der Waals surface area contributed by atoms with Crippen LogP contribution in [0.25, 0.3) is 0 Å². The van der Waals surface area contributed by atoms with Gasteiger partial charge in [-0.05, 0) is 34.4 Å². The summed E-state index contributed by atoms with van der Waals surface area (Å²) >= 11 is 20.8. The minimum atomic E-state index is -1.30. The van der Waals surface area contributed by atoms with E-state index in [4.69, 9.17) is 34.8 Å². The van der Waals surface area contributed by atoms with Crippen molar-refractivity contribution < 1.29 is 14.4 Å². The maximum atomic E-state index is 13.7. The summed E-state index contributed by atoms with van der Waals surface area (Å²) in [6.07, 6.45) is 0. The Morgan fingerprint density at radius 3 is 1.55 bits per heavy atom. The van der Waals surface area contributed by atoms with Crippen LogP contribution in [0, 0.1) is 11.8 Å².